The van der Waals surface area contributed by atoms with Crippen molar-refractivity contribution in [2.75, 3.05) is 10.6 Å². The number of amides is 2. The molecule has 0 spiro atoms. The summed E-state index contributed by atoms with van der Waals surface area (Å²) in [6, 6.07) is 22.2. The Morgan fingerprint density at radius 1 is 0.686 bits per heavy atom. The molecule has 1 unspecified atom stereocenters. The number of pyridine rings is 2. The molecule has 0 bridgehead atoms. The summed E-state index contributed by atoms with van der Waals surface area (Å²) in [7, 11) is 0. The third kappa shape index (κ3) is 17.9. The normalized spacial score (nSPS) is 9.96. The predicted octanol–water partition coefficient (Wildman–Crippen LogP) is 7.61. The van der Waals surface area contributed by atoms with Gasteiger partial charge in [-0.2, -0.15) is 9.97 Å². The summed E-state index contributed by atoms with van der Waals surface area (Å²) in [5.74, 6) is 1.28. The Morgan fingerprint density at radius 2 is 1.09 bits per heavy atom. The van der Waals surface area contributed by atoms with E-state index < -0.39 is 6.10 Å². The molecule has 3 radical (unpaired) electrons. The quantitative estimate of drug-likeness (QED) is 0.0799. The number of ketones is 1. The number of aliphatic hydroxyl groups excluding tert-OH is 1. The SMILES string of the molecule is C.CC(=O)CCc1nc(-c2ccc(C)c(NC(=O)c3cnc4ccccn34)c2)no1.Cc1ccc(-c2noc(CCC(C)O)n2)cc1NC(=O)c1cnc2ccccn12.F.FF.FF.FF.FF.[B].[H-].[Na+]. The van der Waals surface area contributed by atoms with Crippen molar-refractivity contribution in [3.05, 3.63) is 132 Å². The first-order valence-electron chi connectivity index (χ1n) is 19.1. The number of hydrogen-bond donors (Lipinski definition) is 3. The molecule has 6 heterocycles. The van der Waals surface area contributed by atoms with Crippen LogP contribution in [0.15, 0.2) is 107 Å². The molecule has 0 aliphatic heterocycles. The van der Waals surface area contributed by atoms with Gasteiger partial charge in [-0.1, -0.05) is 54.1 Å². The number of nitrogens with one attached hydrogen (secondary N) is 2. The number of imidazole rings is 2. The number of anilines is 2. The zero-order chi connectivity index (χ0) is 48.8. The molecule has 1 atom stereocenters. The number of hydrogen-bond acceptors (Lipinski definition) is 12. The van der Waals surface area contributed by atoms with E-state index in [4.69, 9.17) is 45.6 Å². The molecule has 8 aromatic rings. The van der Waals surface area contributed by atoms with E-state index >= 15 is 0 Å². The summed E-state index contributed by atoms with van der Waals surface area (Å²) in [5.41, 5.74) is 6.86. The molecular weight excluding hydrogens is 957 g/mol. The van der Waals surface area contributed by atoms with Crippen molar-refractivity contribution >= 4 is 48.7 Å². The smallest absolute Gasteiger partial charge is 1.00 e. The second-order valence-corrected chi connectivity index (χ2v) is 13.7. The maximum absolute atomic E-state index is 12.8. The van der Waals surface area contributed by atoms with Crippen LogP contribution in [0, 0.1) is 13.8 Å². The van der Waals surface area contributed by atoms with E-state index in [1.54, 1.807) is 46.6 Å². The van der Waals surface area contributed by atoms with Crippen molar-refractivity contribution < 1.29 is 101 Å². The van der Waals surface area contributed by atoms with Gasteiger partial charge >= 0.3 is 29.6 Å². The monoisotopic (exact) mass is 1000 g/mol. The number of aryl methyl sites for hydroxylation is 4. The summed E-state index contributed by atoms with van der Waals surface area (Å²) < 4.78 is 77.9. The molecule has 0 saturated heterocycles. The molecule has 6 aromatic heterocycles. The minimum atomic E-state index is -0.425. The molecule has 0 aliphatic rings. The van der Waals surface area contributed by atoms with Crippen LogP contribution in [-0.4, -0.2) is 76.3 Å². The Bertz CT molecular complexity index is 2800. The Hall–Kier alpha value is -6.90. The molecule has 70 heavy (non-hydrogen) atoms. The minimum absolute atomic E-state index is 0. The van der Waals surface area contributed by atoms with Crippen molar-refractivity contribution in [2.45, 2.75) is 66.9 Å². The molecule has 8 rings (SSSR count). The van der Waals surface area contributed by atoms with Crippen LogP contribution < -0.4 is 40.2 Å². The van der Waals surface area contributed by atoms with Crippen LogP contribution in [0.3, 0.4) is 0 Å². The van der Waals surface area contributed by atoms with E-state index in [-0.39, 0.29) is 69.1 Å². The van der Waals surface area contributed by atoms with E-state index in [0.29, 0.717) is 88.7 Å². The van der Waals surface area contributed by atoms with E-state index in [1.165, 1.54) is 6.92 Å². The second-order valence-electron chi connectivity index (χ2n) is 13.7. The van der Waals surface area contributed by atoms with Crippen molar-refractivity contribution in [2.24, 2.45) is 0 Å². The van der Waals surface area contributed by atoms with Gasteiger partial charge in [0.25, 0.3) is 11.8 Å². The van der Waals surface area contributed by atoms with Crippen LogP contribution in [0.5, 0.6) is 0 Å². The van der Waals surface area contributed by atoms with E-state index in [2.05, 4.69) is 40.9 Å². The Labute approximate surface area is 419 Å². The maximum atomic E-state index is 12.8. The molecule has 2 aromatic carbocycles. The summed E-state index contributed by atoms with van der Waals surface area (Å²) in [6.07, 6.45) is 8.09. The van der Waals surface area contributed by atoms with Crippen LogP contribution in [0.2, 0.25) is 0 Å². The summed E-state index contributed by atoms with van der Waals surface area (Å²) in [5, 5.41) is 23.3. The zero-order valence-electron chi connectivity index (χ0n) is 38.2. The van der Waals surface area contributed by atoms with Gasteiger partial charge < -0.3 is 31.0 Å². The molecule has 0 fully saturated rings. The van der Waals surface area contributed by atoms with Gasteiger partial charge in [-0.25, -0.2) is 9.97 Å². The van der Waals surface area contributed by atoms with Gasteiger partial charge in [-0.15, -0.1) is 0 Å². The number of carbonyl (C=O) groups is 3. The average Bonchev–Trinajstić information content (AvgIpc) is 4.19. The number of aliphatic hydroxyl groups is 1. The molecule has 371 valence electrons. The topological polar surface area (TPSA) is 208 Å². The maximum Gasteiger partial charge on any atom is 1.00 e. The number of fused-ring (bicyclic) bond motifs is 2. The zero-order valence-corrected chi connectivity index (χ0v) is 39.2. The van der Waals surface area contributed by atoms with Gasteiger partial charge in [-0.05, 0) is 81.6 Å². The molecule has 16 nitrogen and oxygen atoms in total. The number of benzene rings is 2. The predicted molar refractivity (Wildman–Crippen MR) is 239 cm³/mol. The number of rotatable bonds is 12. The summed E-state index contributed by atoms with van der Waals surface area (Å²) >= 11 is 0. The number of halogens is 9. The Balaban J connectivity index is -0.00000108. The molecular formula is C43H46BF9N10NaO6. The first kappa shape index (κ1) is 65.2. The van der Waals surface area contributed by atoms with Crippen molar-refractivity contribution in [3.8, 4) is 22.8 Å². The van der Waals surface area contributed by atoms with Gasteiger partial charge in [0.1, 0.15) is 28.5 Å². The second kappa shape index (κ2) is 33.6. The molecule has 0 saturated carbocycles. The number of nitrogens with zero attached hydrogens (tertiary/aromatic N) is 8. The average molecular weight is 1000 g/mol. The Morgan fingerprint density at radius 3 is 1.47 bits per heavy atom. The number of aromatic nitrogens is 8. The fraction of sp³-hybridized carbons (Fsp3) is 0.233. The Kier molecular flexibility index (Phi) is 31.3. The van der Waals surface area contributed by atoms with Crippen LogP contribution in [0.4, 0.5) is 52.7 Å². The third-order valence-corrected chi connectivity index (χ3v) is 9.19. The molecule has 2 amide bonds. The minimum Gasteiger partial charge on any atom is -1.00 e. The number of carbonyl (C=O) groups excluding carboxylic acids is 3. The third-order valence-electron chi connectivity index (χ3n) is 9.19. The standard InChI is InChI=1S/C21H21N5O3.C21H19N5O3.CH4.B.4F2.FH.Na.H/c2*1-13-6-8-15(20-24-19(29-25-20)9-7-14(2)27)11-16(13)23-21(28)17-12-22-18-5-3-4-10-26(17)18;;;4*1-2;;;/h3-6,8,10-12,14,27H,7,9H2,1-2H3,(H,23,28);3-6,8,10-12H,7,9H2,1-2H3,(H,23,28);1H4;;;;;;1H;;/q;;;;;;;;;+1;-1. The van der Waals surface area contributed by atoms with Gasteiger partial charge in [-0.3, -0.25) is 23.1 Å². The molecule has 27 heteroatoms. The van der Waals surface area contributed by atoms with Crippen LogP contribution >= 0.6 is 0 Å². The largest absolute Gasteiger partial charge is 1.00 e. The van der Waals surface area contributed by atoms with Gasteiger partial charge in [0.2, 0.25) is 23.4 Å². The van der Waals surface area contributed by atoms with Gasteiger partial charge in [0.15, 0.2) is 0 Å². The summed E-state index contributed by atoms with van der Waals surface area (Å²) in [6.45, 7) is 7.06. The molecule has 3 N–H and O–H groups in total. The first-order valence-corrected chi connectivity index (χ1v) is 19.1. The van der Waals surface area contributed by atoms with Crippen LogP contribution in [0.25, 0.3) is 34.1 Å². The number of Topliss-reactive ketones (excluding diaryl/α,β-unsaturated/α-hetero) is 1. The fourth-order valence-corrected chi connectivity index (χ4v) is 5.93. The first-order chi connectivity index (χ1) is 32.0. The van der Waals surface area contributed by atoms with Gasteiger partial charge in [0, 0.05) is 99.2 Å². The summed E-state index contributed by atoms with van der Waals surface area (Å²) in [4.78, 5) is 53.9. The van der Waals surface area contributed by atoms with Crippen LogP contribution in [0.1, 0.15) is 79.4 Å². The molecule has 0 aliphatic carbocycles. The van der Waals surface area contributed by atoms with Crippen LogP contribution in [-0.2, 0) is 17.6 Å². The fourth-order valence-electron chi connectivity index (χ4n) is 5.93. The van der Waals surface area contributed by atoms with Crippen molar-refractivity contribution in [3.63, 3.8) is 0 Å². The van der Waals surface area contributed by atoms with E-state index in [9.17, 15) is 19.5 Å². The van der Waals surface area contributed by atoms with Gasteiger partial charge in [0.05, 0.1) is 18.5 Å². The van der Waals surface area contributed by atoms with Crippen molar-refractivity contribution in [1.29, 1.82) is 0 Å². The van der Waals surface area contributed by atoms with E-state index in [0.717, 1.165) is 16.7 Å². The van der Waals surface area contributed by atoms with Crippen molar-refractivity contribution in [1.82, 2.24) is 39.1 Å². The van der Waals surface area contributed by atoms with E-state index in [1.807, 2.05) is 80.6 Å².